The van der Waals surface area contributed by atoms with Crippen LogP contribution < -0.4 is 10.6 Å². The molecule has 0 aliphatic carbocycles. The maximum atomic E-state index is 11.8. The Morgan fingerprint density at radius 3 is 2.71 bits per heavy atom. The third-order valence-electron chi connectivity index (χ3n) is 2.66. The van der Waals surface area contributed by atoms with Gasteiger partial charge in [0.15, 0.2) is 5.69 Å². The van der Waals surface area contributed by atoms with Crippen molar-refractivity contribution in [2.75, 3.05) is 13.7 Å². The van der Waals surface area contributed by atoms with E-state index in [1.54, 1.807) is 6.92 Å². The minimum atomic E-state index is -0.809. The molecule has 9 nitrogen and oxygen atoms in total. The number of aromatic nitrogens is 3. The lowest BCUT2D eigenvalue weighted by Gasteiger charge is -2.12. The number of hydrogen-bond acceptors (Lipinski definition) is 6. The molecule has 21 heavy (non-hydrogen) atoms. The molecule has 2 N–H and O–H groups in total. The van der Waals surface area contributed by atoms with E-state index >= 15 is 0 Å². The Morgan fingerprint density at radius 2 is 2.14 bits per heavy atom. The summed E-state index contributed by atoms with van der Waals surface area (Å²) in [5, 5.41) is 11.8. The Balaban J connectivity index is 2.87. The van der Waals surface area contributed by atoms with E-state index in [9.17, 15) is 14.4 Å². The fourth-order valence-corrected chi connectivity index (χ4v) is 1.49. The molecule has 0 spiro atoms. The smallest absolute Gasteiger partial charge is 0.361 e. The van der Waals surface area contributed by atoms with Crippen molar-refractivity contribution < 1.29 is 19.1 Å². The fourth-order valence-electron chi connectivity index (χ4n) is 1.49. The molecule has 1 heterocycles. The number of amides is 3. The number of ether oxygens (including phenoxy) is 1. The SMILES string of the molecule is C=CCOC(=O)c1nnn(C(C)C(=O)NC(=O)NC)c1C. The van der Waals surface area contributed by atoms with Crippen molar-refractivity contribution in [3.8, 4) is 0 Å². The van der Waals surface area contributed by atoms with E-state index in [1.165, 1.54) is 24.7 Å². The number of nitrogens with zero attached hydrogens (tertiary/aromatic N) is 3. The first-order valence-electron chi connectivity index (χ1n) is 6.14. The molecule has 1 aromatic rings. The van der Waals surface area contributed by atoms with E-state index in [-0.39, 0.29) is 12.3 Å². The third kappa shape index (κ3) is 3.88. The third-order valence-corrected chi connectivity index (χ3v) is 2.66. The van der Waals surface area contributed by atoms with Crippen molar-refractivity contribution in [2.24, 2.45) is 0 Å². The number of nitrogens with one attached hydrogen (secondary N) is 2. The summed E-state index contributed by atoms with van der Waals surface area (Å²) < 4.78 is 6.09. The second-order valence-electron chi connectivity index (χ2n) is 4.10. The summed E-state index contributed by atoms with van der Waals surface area (Å²) in [6, 6.07) is -1.44. The minimum Gasteiger partial charge on any atom is -0.457 e. The van der Waals surface area contributed by atoms with E-state index in [2.05, 4.69) is 27.5 Å². The van der Waals surface area contributed by atoms with Crippen molar-refractivity contribution >= 4 is 17.9 Å². The highest BCUT2D eigenvalue weighted by atomic mass is 16.5. The van der Waals surface area contributed by atoms with Gasteiger partial charge in [-0.05, 0) is 13.8 Å². The number of hydrogen-bond donors (Lipinski definition) is 2. The maximum Gasteiger partial charge on any atom is 0.361 e. The molecule has 114 valence electrons. The van der Waals surface area contributed by atoms with Gasteiger partial charge in [-0.15, -0.1) is 5.10 Å². The van der Waals surface area contributed by atoms with Crippen molar-refractivity contribution in [3.63, 3.8) is 0 Å². The molecule has 0 saturated carbocycles. The molecule has 9 heteroatoms. The predicted octanol–water partition coefficient (Wildman–Crippen LogP) is -0.0541. The van der Waals surface area contributed by atoms with Crippen LogP contribution in [0.3, 0.4) is 0 Å². The zero-order valence-corrected chi connectivity index (χ0v) is 12.0. The van der Waals surface area contributed by atoms with E-state index in [1.807, 2.05) is 0 Å². The molecule has 0 radical (unpaired) electrons. The molecule has 0 fully saturated rings. The topological polar surface area (TPSA) is 115 Å². The minimum absolute atomic E-state index is 0.0106. The van der Waals surface area contributed by atoms with Gasteiger partial charge in [-0.2, -0.15) is 0 Å². The van der Waals surface area contributed by atoms with Crippen LogP contribution in [0.15, 0.2) is 12.7 Å². The number of esters is 1. The average Bonchev–Trinajstić information content (AvgIpc) is 2.85. The molecule has 3 amide bonds. The standard InChI is InChI=1S/C12H17N5O4/c1-5-6-21-11(19)9-7(2)17(16-15-9)8(3)10(18)14-12(20)13-4/h5,8H,1,6H2,2-4H3,(H2,13,14,18,20). The second-order valence-corrected chi connectivity index (χ2v) is 4.10. The van der Waals surface area contributed by atoms with Crippen LogP contribution in [-0.2, 0) is 9.53 Å². The monoisotopic (exact) mass is 295 g/mol. The number of rotatable bonds is 5. The largest absolute Gasteiger partial charge is 0.457 e. The normalized spacial score (nSPS) is 11.4. The Hall–Kier alpha value is -2.71. The van der Waals surface area contributed by atoms with Gasteiger partial charge in [0.05, 0.1) is 5.69 Å². The number of carbonyl (C=O) groups is 3. The number of carbonyl (C=O) groups excluding carboxylic acids is 3. The highest BCUT2D eigenvalue weighted by Gasteiger charge is 2.24. The average molecular weight is 295 g/mol. The fraction of sp³-hybridized carbons (Fsp3) is 0.417. The zero-order chi connectivity index (χ0) is 16.0. The molecular weight excluding hydrogens is 278 g/mol. The summed E-state index contributed by atoms with van der Waals surface area (Å²) in [5.41, 5.74) is 0.375. The molecule has 1 atom stereocenters. The van der Waals surface area contributed by atoms with Gasteiger partial charge in [0.25, 0.3) is 5.91 Å². The van der Waals surface area contributed by atoms with Gasteiger partial charge in [-0.25, -0.2) is 14.3 Å². The van der Waals surface area contributed by atoms with Gasteiger partial charge in [0, 0.05) is 7.05 Å². The van der Waals surface area contributed by atoms with Crippen molar-refractivity contribution in [3.05, 3.63) is 24.0 Å². The Morgan fingerprint density at radius 1 is 1.48 bits per heavy atom. The van der Waals surface area contributed by atoms with Crippen molar-refractivity contribution in [1.82, 2.24) is 25.6 Å². The predicted molar refractivity (Wildman–Crippen MR) is 72.5 cm³/mol. The molecule has 0 aliphatic rings. The van der Waals surface area contributed by atoms with Gasteiger partial charge < -0.3 is 10.1 Å². The molecule has 0 saturated heterocycles. The van der Waals surface area contributed by atoms with Crippen LogP contribution in [0.5, 0.6) is 0 Å². The Labute approximate surface area is 121 Å². The molecular formula is C12H17N5O4. The summed E-state index contributed by atoms with van der Waals surface area (Å²) in [7, 11) is 1.39. The molecule has 0 aromatic carbocycles. The second kappa shape index (κ2) is 7.17. The molecule has 1 rings (SSSR count). The zero-order valence-electron chi connectivity index (χ0n) is 12.0. The van der Waals surface area contributed by atoms with Gasteiger partial charge >= 0.3 is 12.0 Å². The van der Waals surface area contributed by atoms with Crippen LogP contribution in [0.1, 0.15) is 29.1 Å². The van der Waals surface area contributed by atoms with Gasteiger partial charge in [0.1, 0.15) is 12.6 Å². The Kier molecular flexibility index (Phi) is 5.58. The number of imide groups is 1. The first-order chi connectivity index (χ1) is 9.92. The summed E-state index contributed by atoms with van der Waals surface area (Å²) in [6.45, 7) is 6.59. The summed E-state index contributed by atoms with van der Waals surface area (Å²) >= 11 is 0. The summed E-state index contributed by atoms with van der Waals surface area (Å²) in [6.07, 6.45) is 1.43. The van der Waals surface area contributed by atoms with Crippen molar-refractivity contribution in [1.29, 1.82) is 0 Å². The molecule has 0 bridgehead atoms. The molecule has 0 aliphatic heterocycles. The highest BCUT2D eigenvalue weighted by Crippen LogP contribution is 2.12. The van der Waals surface area contributed by atoms with Crippen LogP contribution in [0.25, 0.3) is 0 Å². The van der Waals surface area contributed by atoms with Gasteiger partial charge in [-0.1, -0.05) is 17.9 Å². The van der Waals surface area contributed by atoms with E-state index in [0.717, 1.165) is 0 Å². The summed E-state index contributed by atoms with van der Waals surface area (Å²) in [5.74, 6) is -1.23. The van der Waals surface area contributed by atoms with E-state index in [0.29, 0.717) is 5.69 Å². The Bertz CT molecular complexity index is 566. The first kappa shape index (κ1) is 16.3. The number of urea groups is 1. The van der Waals surface area contributed by atoms with Crippen LogP contribution in [0.2, 0.25) is 0 Å². The van der Waals surface area contributed by atoms with Crippen LogP contribution >= 0.6 is 0 Å². The van der Waals surface area contributed by atoms with E-state index in [4.69, 9.17) is 4.74 Å². The van der Waals surface area contributed by atoms with E-state index < -0.39 is 23.9 Å². The molecule has 1 unspecified atom stereocenters. The first-order valence-corrected chi connectivity index (χ1v) is 6.14. The maximum absolute atomic E-state index is 11.8. The lowest BCUT2D eigenvalue weighted by atomic mass is 10.2. The van der Waals surface area contributed by atoms with Crippen LogP contribution in [0.4, 0.5) is 4.79 Å². The highest BCUT2D eigenvalue weighted by molar-refractivity contribution is 5.96. The summed E-state index contributed by atoms with van der Waals surface area (Å²) in [4.78, 5) is 34.6. The lowest BCUT2D eigenvalue weighted by Crippen LogP contribution is -2.41. The van der Waals surface area contributed by atoms with Gasteiger partial charge in [0.2, 0.25) is 0 Å². The van der Waals surface area contributed by atoms with Crippen molar-refractivity contribution in [2.45, 2.75) is 19.9 Å². The quantitative estimate of drug-likeness (QED) is 0.581. The van der Waals surface area contributed by atoms with Crippen LogP contribution in [-0.4, -0.2) is 46.6 Å². The lowest BCUT2D eigenvalue weighted by molar-refractivity contribution is -0.123. The van der Waals surface area contributed by atoms with Gasteiger partial charge in [-0.3, -0.25) is 10.1 Å². The van der Waals surface area contributed by atoms with Crippen LogP contribution in [0, 0.1) is 6.92 Å². The molecule has 1 aromatic heterocycles.